The number of esters is 1. The standard InChI is InChI=1S/C13H13NO3/c1-2-17-13(16)7-12-10(8-15)9-5-3-4-6-11(9)14-12/h3-6,8,14H,2,7H2,1H3. The van der Waals surface area contributed by atoms with Crippen LogP contribution >= 0.6 is 0 Å². The molecule has 4 nitrogen and oxygen atoms in total. The molecular weight excluding hydrogens is 218 g/mol. The van der Waals surface area contributed by atoms with E-state index >= 15 is 0 Å². The molecule has 0 saturated heterocycles. The molecule has 1 aromatic carbocycles. The summed E-state index contributed by atoms with van der Waals surface area (Å²) in [6.45, 7) is 2.10. The van der Waals surface area contributed by atoms with Crippen molar-refractivity contribution in [2.24, 2.45) is 0 Å². The molecule has 1 aromatic heterocycles. The number of aromatic nitrogens is 1. The van der Waals surface area contributed by atoms with Crippen LogP contribution in [0.1, 0.15) is 23.0 Å². The summed E-state index contributed by atoms with van der Waals surface area (Å²) in [5.41, 5.74) is 2.00. The molecule has 0 aliphatic carbocycles. The molecule has 1 N–H and O–H groups in total. The Morgan fingerprint density at radius 1 is 1.41 bits per heavy atom. The lowest BCUT2D eigenvalue weighted by atomic mass is 10.1. The Morgan fingerprint density at radius 3 is 2.88 bits per heavy atom. The van der Waals surface area contributed by atoms with E-state index in [-0.39, 0.29) is 12.4 Å². The number of H-pyrrole nitrogens is 1. The van der Waals surface area contributed by atoms with Crippen LogP contribution in [-0.4, -0.2) is 23.8 Å². The maximum atomic E-state index is 11.4. The first-order valence-electron chi connectivity index (χ1n) is 5.46. The molecule has 0 aliphatic rings. The van der Waals surface area contributed by atoms with Gasteiger partial charge in [0.2, 0.25) is 0 Å². The number of benzene rings is 1. The van der Waals surface area contributed by atoms with Gasteiger partial charge in [0.1, 0.15) is 0 Å². The van der Waals surface area contributed by atoms with Crippen molar-refractivity contribution in [2.75, 3.05) is 6.61 Å². The summed E-state index contributed by atoms with van der Waals surface area (Å²) in [6, 6.07) is 7.46. The van der Waals surface area contributed by atoms with Gasteiger partial charge in [0.15, 0.2) is 6.29 Å². The minimum absolute atomic E-state index is 0.0938. The van der Waals surface area contributed by atoms with E-state index in [0.29, 0.717) is 17.9 Å². The van der Waals surface area contributed by atoms with Crippen molar-refractivity contribution in [1.82, 2.24) is 4.98 Å². The highest BCUT2D eigenvalue weighted by atomic mass is 16.5. The van der Waals surface area contributed by atoms with Crippen LogP contribution in [0.5, 0.6) is 0 Å². The fourth-order valence-electron chi connectivity index (χ4n) is 1.85. The van der Waals surface area contributed by atoms with E-state index in [0.717, 1.165) is 17.2 Å². The molecule has 2 aromatic rings. The van der Waals surface area contributed by atoms with Crippen LogP contribution in [0.25, 0.3) is 10.9 Å². The number of rotatable bonds is 4. The number of hydrogen-bond donors (Lipinski definition) is 1. The van der Waals surface area contributed by atoms with E-state index in [1.807, 2.05) is 24.3 Å². The minimum Gasteiger partial charge on any atom is -0.466 e. The first-order chi connectivity index (χ1) is 8.26. The van der Waals surface area contributed by atoms with Crippen molar-refractivity contribution >= 4 is 23.2 Å². The Balaban J connectivity index is 2.39. The molecule has 1 heterocycles. The van der Waals surface area contributed by atoms with Crippen LogP contribution in [0.15, 0.2) is 24.3 Å². The largest absolute Gasteiger partial charge is 0.466 e. The van der Waals surface area contributed by atoms with Crippen LogP contribution in [0.4, 0.5) is 0 Å². The number of ether oxygens (including phenoxy) is 1. The second-order valence-electron chi connectivity index (χ2n) is 3.66. The lowest BCUT2D eigenvalue weighted by molar-refractivity contribution is -0.142. The third-order valence-corrected chi connectivity index (χ3v) is 2.57. The van der Waals surface area contributed by atoms with E-state index in [1.165, 1.54) is 0 Å². The second-order valence-corrected chi connectivity index (χ2v) is 3.66. The van der Waals surface area contributed by atoms with Gasteiger partial charge in [0.25, 0.3) is 0 Å². The molecule has 0 fully saturated rings. The van der Waals surface area contributed by atoms with Gasteiger partial charge >= 0.3 is 5.97 Å². The van der Waals surface area contributed by atoms with E-state index in [2.05, 4.69) is 4.98 Å². The van der Waals surface area contributed by atoms with Gasteiger partial charge in [-0.15, -0.1) is 0 Å². The van der Waals surface area contributed by atoms with Crippen molar-refractivity contribution in [3.63, 3.8) is 0 Å². The van der Waals surface area contributed by atoms with E-state index in [4.69, 9.17) is 4.74 Å². The lowest BCUT2D eigenvalue weighted by Gasteiger charge is -2.00. The van der Waals surface area contributed by atoms with Crippen LogP contribution in [0.2, 0.25) is 0 Å². The third kappa shape index (κ3) is 2.20. The number of fused-ring (bicyclic) bond motifs is 1. The fraction of sp³-hybridized carbons (Fsp3) is 0.231. The summed E-state index contributed by atoms with van der Waals surface area (Å²) in [5.74, 6) is -0.331. The van der Waals surface area contributed by atoms with Gasteiger partial charge in [-0.25, -0.2) is 0 Å². The van der Waals surface area contributed by atoms with Gasteiger partial charge in [0.05, 0.1) is 13.0 Å². The van der Waals surface area contributed by atoms with Gasteiger partial charge < -0.3 is 9.72 Å². The first kappa shape index (κ1) is 11.4. The van der Waals surface area contributed by atoms with Crippen LogP contribution in [0, 0.1) is 0 Å². The molecular formula is C13H13NO3. The number of carbonyl (C=O) groups excluding carboxylic acids is 2. The molecule has 88 valence electrons. The summed E-state index contributed by atoms with van der Waals surface area (Å²) < 4.78 is 4.87. The zero-order chi connectivity index (χ0) is 12.3. The average Bonchev–Trinajstić information content (AvgIpc) is 2.66. The highest BCUT2D eigenvalue weighted by molar-refractivity contribution is 5.99. The monoisotopic (exact) mass is 231 g/mol. The summed E-state index contributed by atoms with van der Waals surface area (Å²) in [5, 5.41) is 0.835. The third-order valence-electron chi connectivity index (χ3n) is 2.57. The summed E-state index contributed by atoms with van der Waals surface area (Å²) in [4.78, 5) is 25.5. The highest BCUT2D eigenvalue weighted by Crippen LogP contribution is 2.21. The van der Waals surface area contributed by atoms with Gasteiger partial charge in [0, 0.05) is 22.2 Å². The molecule has 0 atom stereocenters. The summed E-state index contributed by atoms with van der Waals surface area (Å²) in [6.07, 6.45) is 0.865. The summed E-state index contributed by atoms with van der Waals surface area (Å²) in [7, 11) is 0. The fourth-order valence-corrected chi connectivity index (χ4v) is 1.85. The summed E-state index contributed by atoms with van der Waals surface area (Å²) >= 11 is 0. The highest BCUT2D eigenvalue weighted by Gasteiger charge is 2.13. The molecule has 0 unspecified atom stereocenters. The molecule has 0 bridgehead atoms. The van der Waals surface area contributed by atoms with Crippen LogP contribution in [-0.2, 0) is 16.0 Å². The zero-order valence-electron chi connectivity index (χ0n) is 9.53. The first-order valence-corrected chi connectivity index (χ1v) is 5.46. The van der Waals surface area contributed by atoms with Gasteiger partial charge in [-0.1, -0.05) is 18.2 Å². The Hall–Kier alpha value is -2.10. The normalized spacial score (nSPS) is 10.4. The number of hydrogen-bond acceptors (Lipinski definition) is 3. The number of aromatic amines is 1. The molecule has 0 saturated carbocycles. The predicted octanol–water partition coefficient (Wildman–Crippen LogP) is 2.09. The maximum absolute atomic E-state index is 11.4. The van der Waals surface area contributed by atoms with Crippen molar-refractivity contribution in [2.45, 2.75) is 13.3 Å². The lowest BCUT2D eigenvalue weighted by Crippen LogP contribution is -2.09. The number of carbonyl (C=O) groups is 2. The Labute approximate surface area is 98.6 Å². The Bertz CT molecular complexity index is 557. The minimum atomic E-state index is -0.331. The molecule has 17 heavy (non-hydrogen) atoms. The van der Waals surface area contributed by atoms with Crippen LogP contribution in [0.3, 0.4) is 0 Å². The molecule has 0 amide bonds. The Morgan fingerprint density at radius 2 is 2.18 bits per heavy atom. The van der Waals surface area contributed by atoms with Crippen molar-refractivity contribution in [3.05, 3.63) is 35.5 Å². The molecule has 4 heteroatoms. The smallest absolute Gasteiger partial charge is 0.311 e. The number of nitrogens with one attached hydrogen (secondary N) is 1. The average molecular weight is 231 g/mol. The van der Waals surface area contributed by atoms with Gasteiger partial charge in [-0.05, 0) is 13.0 Å². The van der Waals surface area contributed by atoms with E-state index in [9.17, 15) is 9.59 Å². The number of para-hydroxylation sites is 1. The topological polar surface area (TPSA) is 59.2 Å². The second kappa shape index (κ2) is 4.82. The van der Waals surface area contributed by atoms with E-state index in [1.54, 1.807) is 6.92 Å². The van der Waals surface area contributed by atoms with Crippen molar-refractivity contribution in [1.29, 1.82) is 0 Å². The van der Waals surface area contributed by atoms with Gasteiger partial charge in [-0.3, -0.25) is 9.59 Å². The maximum Gasteiger partial charge on any atom is 0.311 e. The quantitative estimate of drug-likeness (QED) is 0.647. The molecule has 0 spiro atoms. The molecule has 0 radical (unpaired) electrons. The number of aldehydes is 1. The SMILES string of the molecule is CCOC(=O)Cc1[nH]c2ccccc2c1C=O. The van der Waals surface area contributed by atoms with Gasteiger partial charge in [-0.2, -0.15) is 0 Å². The van der Waals surface area contributed by atoms with E-state index < -0.39 is 0 Å². The molecule has 0 aliphatic heterocycles. The van der Waals surface area contributed by atoms with Crippen molar-refractivity contribution in [3.8, 4) is 0 Å². The van der Waals surface area contributed by atoms with Crippen LogP contribution < -0.4 is 0 Å². The van der Waals surface area contributed by atoms with Crippen molar-refractivity contribution < 1.29 is 14.3 Å². The predicted molar refractivity (Wildman–Crippen MR) is 64.0 cm³/mol. The Kier molecular flexibility index (Phi) is 3.23. The molecule has 2 rings (SSSR count). The zero-order valence-corrected chi connectivity index (χ0v) is 9.53.